The number of rotatable bonds is 5. The van der Waals surface area contributed by atoms with E-state index >= 15 is 0 Å². The predicted octanol–water partition coefficient (Wildman–Crippen LogP) is 2.87. The predicted molar refractivity (Wildman–Crippen MR) is 91.3 cm³/mol. The van der Waals surface area contributed by atoms with Crippen molar-refractivity contribution in [3.63, 3.8) is 0 Å². The molecule has 2 rings (SSSR count). The Morgan fingerprint density at radius 2 is 1.68 bits per heavy atom. The average molecular weight is 366 g/mol. The third-order valence-corrected chi connectivity index (χ3v) is 5.09. The topological polar surface area (TPSA) is 66.5 Å². The molecule has 0 heterocycles. The molecule has 8 heteroatoms. The lowest BCUT2D eigenvalue weighted by Gasteiger charge is -2.12. The molecule has 0 bridgehead atoms. The van der Waals surface area contributed by atoms with Crippen molar-refractivity contribution in [1.29, 1.82) is 0 Å². The van der Waals surface area contributed by atoms with Crippen LogP contribution < -0.4 is 5.32 Å². The molecule has 2 aromatic carbocycles. The van der Waals surface area contributed by atoms with Gasteiger partial charge in [-0.3, -0.25) is 4.79 Å². The van der Waals surface area contributed by atoms with Gasteiger partial charge in [-0.1, -0.05) is 12.1 Å². The minimum atomic E-state index is -3.64. The van der Waals surface area contributed by atoms with Crippen LogP contribution in [0.25, 0.3) is 6.08 Å². The first-order valence-electron chi connectivity index (χ1n) is 7.17. The highest BCUT2D eigenvalue weighted by molar-refractivity contribution is 7.89. The highest BCUT2D eigenvalue weighted by Crippen LogP contribution is 2.18. The fourth-order valence-corrected chi connectivity index (χ4v) is 2.91. The van der Waals surface area contributed by atoms with Crippen molar-refractivity contribution < 1.29 is 22.0 Å². The lowest BCUT2D eigenvalue weighted by molar-refractivity contribution is -0.111. The van der Waals surface area contributed by atoms with E-state index in [2.05, 4.69) is 5.32 Å². The molecule has 0 atom stereocenters. The van der Waals surface area contributed by atoms with Crippen LogP contribution in [-0.4, -0.2) is 32.7 Å². The van der Waals surface area contributed by atoms with Gasteiger partial charge in [-0.05, 0) is 36.4 Å². The Balaban J connectivity index is 2.18. The normalized spacial score (nSPS) is 11.9. The summed E-state index contributed by atoms with van der Waals surface area (Å²) in [6, 6.07) is 9.06. The Bertz CT molecular complexity index is 905. The van der Waals surface area contributed by atoms with Crippen molar-refractivity contribution in [2.45, 2.75) is 4.90 Å². The van der Waals surface area contributed by atoms with Gasteiger partial charge < -0.3 is 5.32 Å². The molecule has 132 valence electrons. The molecular weight excluding hydrogens is 350 g/mol. The second-order valence-electron chi connectivity index (χ2n) is 5.27. The monoisotopic (exact) mass is 366 g/mol. The first-order chi connectivity index (χ1) is 11.7. The molecule has 25 heavy (non-hydrogen) atoms. The maximum atomic E-state index is 13.5. The zero-order chi connectivity index (χ0) is 18.6. The number of hydrogen-bond acceptors (Lipinski definition) is 3. The summed E-state index contributed by atoms with van der Waals surface area (Å²) < 4.78 is 52.2. The number of hydrogen-bond donors (Lipinski definition) is 1. The van der Waals surface area contributed by atoms with E-state index in [1.54, 1.807) is 0 Å². The number of anilines is 1. The Kier molecular flexibility index (Phi) is 5.66. The lowest BCUT2D eigenvalue weighted by Crippen LogP contribution is -2.22. The van der Waals surface area contributed by atoms with Gasteiger partial charge in [0, 0.05) is 31.4 Å². The van der Waals surface area contributed by atoms with Crippen molar-refractivity contribution >= 4 is 27.7 Å². The summed E-state index contributed by atoms with van der Waals surface area (Å²) in [5.41, 5.74) is -0.0897. The van der Waals surface area contributed by atoms with Gasteiger partial charge >= 0.3 is 0 Å². The first-order valence-corrected chi connectivity index (χ1v) is 8.61. The summed E-state index contributed by atoms with van der Waals surface area (Å²) in [7, 11) is -0.847. The molecular formula is C17H16F2N2O3S. The molecule has 0 saturated carbocycles. The van der Waals surface area contributed by atoms with Crippen molar-refractivity contribution in [2.75, 3.05) is 19.4 Å². The molecule has 0 aliphatic carbocycles. The summed E-state index contributed by atoms with van der Waals surface area (Å²) in [6.45, 7) is 0. The van der Waals surface area contributed by atoms with Gasteiger partial charge in [0.1, 0.15) is 11.6 Å². The maximum absolute atomic E-state index is 13.5. The molecule has 0 saturated heterocycles. The summed E-state index contributed by atoms with van der Waals surface area (Å²) in [5.74, 6) is -2.23. The second-order valence-corrected chi connectivity index (χ2v) is 7.43. The number of carbonyl (C=O) groups excluding carboxylic acids is 1. The molecule has 0 unspecified atom stereocenters. The van der Waals surface area contributed by atoms with Gasteiger partial charge in [0.15, 0.2) is 0 Å². The molecule has 5 nitrogen and oxygen atoms in total. The molecule has 0 fully saturated rings. The number of benzene rings is 2. The minimum absolute atomic E-state index is 0.0134. The molecule has 2 aromatic rings. The largest absolute Gasteiger partial charge is 0.322 e. The van der Waals surface area contributed by atoms with Crippen LogP contribution in [0.4, 0.5) is 14.5 Å². The van der Waals surface area contributed by atoms with Crippen LogP contribution in [0.1, 0.15) is 5.56 Å². The van der Waals surface area contributed by atoms with Crippen LogP contribution in [-0.2, 0) is 14.8 Å². The van der Waals surface area contributed by atoms with E-state index in [4.69, 9.17) is 0 Å². The van der Waals surface area contributed by atoms with Crippen molar-refractivity contribution in [3.05, 3.63) is 65.7 Å². The number of nitrogens with zero attached hydrogens (tertiary/aromatic N) is 1. The van der Waals surface area contributed by atoms with Crippen molar-refractivity contribution in [3.8, 4) is 0 Å². The van der Waals surface area contributed by atoms with Crippen LogP contribution in [0.5, 0.6) is 0 Å². The molecule has 0 spiro atoms. The van der Waals surface area contributed by atoms with E-state index in [-0.39, 0.29) is 16.1 Å². The molecule has 1 N–H and O–H groups in total. The first kappa shape index (κ1) is 18.8. The van der Waals surface area contributed by atoms with Crippen molar-refractivity contribution in [1.82, 2.24) is 4.31 Å². The Morgan fingerprint density at radius 1 is 1.08 bits per heavy atom. The standard InChI is InChI=1S/C17H16F2N2O3S/c1-21(2)25(23,24)13-6-3-5-12(11-13)20-17(22)10-9-14-15(18)7-4-8-16(14)19/h3-11H,1-2H3,(H,20,22)/b10-9+. The third kappa shape index (κ3) is 4.49. The number of amides is 1. The van der Waals surface area contributed by atoms with Gasteiger partial charge in [-0.25, -0.2) is 21.5 Å². The van der Waals surface area contributed by atoms with Crippen LogP contribution in [0.2, 0.25) is 0 Å². The molecule has 0 aliphatic rings. The molecule has 1 amide bonds. The van der Waals surface area contributed by atoms with Crippen LogP contribution >= 0.6 is 0 Å². The highest BCUT2D eigenvalue weighted by atomic mass is 32.2. The lowest BCUT2D eigenvalue weighted by atomic mass is 10.2. The average Bonchev–Trinajstić information content (AvgIpc) is 2.54. The summed E-state index contributed by atoms with van der Waals surface area (Å²) >= 11 is 0. The fraction of sp³-hybridized carbons (Fsp3) is 0.118. The van der Waals surface area contributed by atoms with Crippen LogP contribution in [0, 0.1) is 11.6 Å². The van der Waals surface area contributed by atoms with E-state index < -0.39 is 27.6 Å². The minimum Gasteiger partial charge on any atom is -0.322 e. The number of halogens is 2. The number of sulfonamides is 1. The summed E-state index contributed by atoms with van der Waals surface area (Å²) in [6.07, 6.45) is 1.98. The van der Waals surface area contributed by atoms with E-state index in [1.807, 2.05) is 0 Å². The number of carbonyl (C=O) groups is 1. The number of nitrogens with one attached hydrogen (secondary N) is 1. The maximum Gasteiger partial charge on any atom is 0.248 e. The third-order valence-electron chi connectivity index (χ3n) is 3.28. The van der Waals surface area contributed by atoms with E-state index in [1.165, 1.54) is 44.4 Å². The van der Waals surface area contributed by atoms with Crippen LogP contribution in [0.15, 0.2) is 53.4 Å². The molecule has 0 aromatic heterocycles. The van der Waals surface area contributed by atoms with Gasteiger partial charge in [-0.2, -0.15) is 0 Å². The van der Waals surface area contributed by atoms with E-state index in [9.17, 15) is 22.0 Å². The fourth-order valence-electron chi connectivity index (χ4n) is 1.96. The second kappa shape index (κ2) is 7.54. The van der Waals surface area contributed by atoms with Crippen LogP contribution in [0.3, 0.4) is 0 Å². The van der Waals surface area contributed by atoms with Gasteiger partial charge in [0.2, 0.25) is 15.9 Å². The Labute approximate surface area is 144 Å². The molecule has 0 aliphatic heterocycles. The smallest absolute Gasteiger partial charge is 0.248 e. The molecule has 0 radical (unpaired) electrons. The van der Waals surface area contributed by atoms with E-state index in [0.29, 0.717) is 0 Å². The summed E-state index contributed by atoms with van der Waals surface area (Å²) in [5, 5.41) is 2.45. The Hall–Kier alpha value is -2.58. The summed E-state index contributed by atoms with van der Waals surface area (Å²) in [4.78, 5) is 11.9. The quantitative estimate of drug-likeness (QED) is 0.828. The van der Waals surface area contributed by atoms with E-state index in [0.717, 1.165) is 28.6 Å². The zero-order valence-corrected chi connectivity index (χ0v) is 14.3. The van der Waals surface area contributed by atoms with Crippen molar-refractivity contribution in [2.24, 2.45) is 0 Å². The van der Waals surface area contributed by atoms with Gasteiger partial charge in [-0.15, -0.1) is 0 Å². The van der Waals surface area contributed by atoms with Gasteiger partial charge in [0.05, 0.1) is 4.90 Å². The Morgan fingerprint density at radius 3 is 2.28 bits per heavy atom. The van der Waals surface area contributed by atoms with Gasteiger partial charge in [0.25, 0.3) is 0 Å². The SMILES string of the molecule is CN(C)S(=O)(=O)c1cccc(NC(=O)/C=C/c2c(F)cccc2F)c1. The highest BCUT2D eigenvalue weighted by Gasteiger charge is 2.17. The zero-order valence-electron chi connectivity index (χ0n) is 13.5.